The molecule has 0 aliphatic carbocycles. The van der Waals surface area contributed by atoms with E-state index < -0.39 is 0 Å². The highest BCUT2D eigenvalue weighted by atomic mass is 16.3. The van der Waals surface area contributed by atoms with Crippen molar-refractivity contribution < 1.29 is 15.3 Å². The molecule has 0 saturated heterocycles. The minimum absolute atomic E-state index is 0.138. The van der Waals surface area contributed by atoms with Crippen LogP contribution in [-0.4, -0.2) is 35.1 Å². The molecule has 0 heterocycles. The van der Waals surface area contributed by atoms with Crippen molar-refractivity contribution in [3.63, 3.8) is 0 Å². The monoisotopic (exact) mass is 244 g/mol. The van der Waals surface area contributed by atoms with Gasteiger partial charge < -0.3 is 15.3 Å². The van der Waals surface area contributed by atoms with Crippen molar-refractivity contribution >= 4 is 0 Å². The van der Waals surface area contributed by atoms with Crippen molar-refractivity contribution in [1.82, 2.24) is 0 Å². The molecule has 0 rings (SSSR count). The van der Waals surface area contributed by atoms with Crippen LogP contribution in [0.15, 0.2) is 24.8 Å². The lowest BCUT2D eigenvalue weighted by Crippen LogP contribution is -2.05. The van der Waals surface area contributed by atoms with Gasteiger partial charge >= 0.3 is 0 Å². The van der Waals surface area contributed by atoms with E-state index in [2.05, 4.69) is 27.0 Å². The van der Waals surface area contributed by atoms with E-state index in [-0.39, 0.29) is 19.8 Å². The average Bonchev–Trinajstić information content (AvgIpc) is 2.27. The van der Waals surface area contributed by atoms with Crippen molar-refractivity contribution in [2.24, 2.45) is 11.8 Å². The molecule has 0 radical (unpaired) electrons. The van der Waals surface area contributed by atoms with Gasteiger partial charge in [-0.15, -0.1) is 6.58 Å². The topological polar surface area (TPSA) is 60.7 Å². The second kappa shape index (κ2) is 13.4. The largest absolute Gasteiger partial charge is 0.396 e. The zero-order valence-electron chi connectivity index (χ0n) is 11.2. The Morgan fingerprint density at radius 2 is 1.59 bits per heavy atom. The van der Waals surface area contributed by atoms with Crippen LogP contribution < -0.4 is 0 Å². The molecule has 3 heteroatoms. The smallest absolute Gasteiger partial charge is 0.0493 e. The molecule has 0 aromatic rings. The first-order valence-corrected chi connectivity index (χ1v) is 6.13. The van der Waals surface area contributed by atoms with Gasteiger partial charge in [0.15, 0.2) is 0 Å². The van der Waals surface area contributed by atoms with Gasteiger partial charge in [0.1, 0.15) is 0 Å². The fourth-order valence-electron chi connectivity index (χ4n) is 1.29. The predicted molar refractivity (Wildman–Crippen MR) is 72.8 cm³/mol. The molecule has 0 bridgehead atoms. The lowest BCUT2D eigenvalue weighted by molar-refractivity contribution is 0.235. The van der Waals surface area contributed by atoms with Crippen LogP contribution in [0.4, 0.5) is 0 Å². The molecule has 0 aromatic heterocycles. The molecule has 0 aliphatic heterocycles. The summed E-state index contributed by atoms with van der Waals surface area (Å²) in [5.41, 5.74) is 0.912. The van der Waals surface area contributed by atoms with E-state index in [0.29, 0.717) is 24.7 Å². The number of aliphatic hydroxyl groups excluding tert-OH is 3. The van der Waals surface area contributed by atoms with Gasteiger partial charge in [-0.2, -0.15) is 0 Å². The Hall–Kier alpha value is -0.640. The molecular formula is C14H28O3. The van der Waals surface area contributed by atoms with Crippen LogP contribution in [0.3, 0.4) is 0 Å². The molecule has 0 fully saturated rings. The molecule has 0 aliphatic rings. The first kappa shape index (κ1) is 18.7. The van der Waals surface area contributed by atoms with Crippen molar-refractivity contribution in [2.75, 3.05) is 19.8 Å². The van der Waals surface area contributed by atoms with Gasteiger partial charge in [0.05, 0.1) is 0 Å². The zero-order valence-corrected chi connectivity index (χ0v) is 11.2. The Bertz CT molecular complexity index is 180. The second-order valence-electron chi connectivity index (χ2n) is 4.51. The minimum atomic E-state index is 0.138. The van der Waals surface area contributed by atoms with Gasteiger partial charge in [0.2, 0.25) is 0 Å². The van der Waals surface area contributed by atoms with Gasteiger partial charge in [0, 0.05) is 19.8 Å². The third-order valence-electron chi connectivity index (χ3n) is 2.27. The van der Waals surface area contributed by atoms with Crippen molar-refractivity contribution in [2.45, 2.75) is 33.1 Å². The summed E-state index contributed by atoms with van der Waals surface area (Å²) in [6, 6.07) is 0. The number of hydrogen-bond donors (Lipinski definition) is 3. The first-order valence-electron chi connectivity index (χ1n) is 6.13. The van der Waals surface area contributed by atoms with Gasteiger partial charge in [-0.25, -0.2) is 0 Å². The quantitative estimate of drug-likeness (QED) is 0.573. The fourth-order valence-corrected chi connectivity index (χ4v) is 1.29. The first-order chi connectivity index (χ1) is 8.01. The highest BCUT2D eigenvalue weighted by Gasteiger charge is 2.03. The van der Waals surface area contributed by atoms with Gasteiger partial charge in [0.25, 0.3) is 0 Å². The lowest BCUT2D eigenvalue weighted by Gasteiger charge is -2.10. The van der Waals surface area contributed by atoms with Crippen LogP contribution in [0, 0.1) is 11.8 Å². The summed E-state index contributed by atoms with van der Waals surface area (Å²) < 4.78 is 0. The summed E-state index contributed by atoms with van der Waals surface area (Å²) in [5, 5.41) is 25.3. The fraction of sp³-hybridized carbons (Fsp3) is 0.714. The highest BCUT2D eigenvalue weighted by Crippen LogP contribution is 2.10. The molecule has 3 nitrogen and oxygen atoms in total. The minimum Gasteiger partial charge on any atom is -0.396 e. The lowest BCUT2D eigenvalue weighted by atomic mass is 9.98. The van der Waals surface area contributed by atoms with E-state index in [4.69, 9.17) is 15.3 Å². The Morgan fingerprint density at radius 3 is 1.76 bits per heavy atom. The van der Waals surface area contributed by atoms with E-state index in [9.17, 15) is 0 Å². The molecule has 0 spiro atoms. The van der Waals surface area contributed by atoms with E-state index >= 15 is 0 Å². The molecular weight excluding hydrogens is 216 g/mol. The summed E-state index contributed by atoms with van der Waals surface area (Å²) in [5.74, 6) is 0.949. The molecule has 0 aromatic carbocycles. The van der Waals surface area contributed by atoms with E-state index in [0.717, 1.165) is 12.0 Å². The predicted octanol–water partition coefficient (Wildman–Crippen LogP) is 2.13. The highest BCUT2D eigenvalue weighted by molar-refractivity contribution is 4.92. The summed E-state index contributed by atoms with van der Waals surface area (Å²) in [6.45, 7) is 12.0. The summed E-state index contributed by atoms with van der Waals surface area (Å²) in [7, 11) is 0. The Balaban J connectivity index is 0. The van der Waals surface area contributed by atoms with Crippen LogP contribution in [0.25, 0.3) is 0 Å². The normalized spacial score (nSPS) is 11.6. The molecule has 1 unspecified atom stereocenters. The van der Waals surface area contributed by atoms with Crippen molar-refractivity contribution in [1.29, 1.82) is 0 Å². The van der Waals surface area contributed by atoms with Crippen LogP contribution >= 0.6 is 0 Å². The summed E-state index contributed by atoms with van der Waals surface area (Å²) in [6.07, 6.45) is 4.08. The van der Waals surface area contributed by atoms with Crippen LogP contribution in [0.2, 0.25) is 0 Å². The van der Waals surface area contributed by atoms with Gasteiger partial charge in [-0.1, -0.05) is 32.1 Å². The van der Waals surface area contributed by atoms with Crippen molar-refractivity contribution in [3.05, 3.63) is 24.8 Å². The molecule has 17 heavy (non-hydrogen) atoms. The number of rotatable bonds is 8. The Morgan fingerprint density at radius 1 is 1.12 bits per heavy atom. The summed E-state index contributed by atoms with van der Waals surface area (Å²) >= 11 is 0. The maximum absolute atomic E-state index is 8.70. The van der Waals surface area contributed by atoms with Crippen LogP contribution in [-0.2, 0) is 0 Å². The average molecular weight is 244 g/mol. The molecule has 102 valence electrons. The Labute approximate surface area is 105 Å². The third kappa shape index (κ3) is 15.4. The van der Waals surface area contributed by atoms with Crippen LogP contribution in [0.1, 0.15) is 33.1 Å². The van der Waals surface area contributed by atoms with E-state index in [1.807, 2.05) is 6.08 Å². The van der Waals surface area contributed by atoms with E-state index in [1.54, 1.807) is 0 Å². The Kier molecular flexibility index (Phi) is 14.8. The van der Waals surface area contributed by atoms with E-state index in [1.165, 1.54) is 0 Å². The molecule has 3 N–H and O–H groups in total. The molecule has 0 saturated carbocycles. The van der Waals surface area contributed by atoms with Crippen molar-refractivity contribution in [3.8, 4) is 0 Å². The molecule has 0 amide bonds. The SMILES string of the molecule is C=C(CCO)CCO.C=CC(CO)CC(C)C. The zero-order chi connectivity index (χ0) is 13.7. The summed E-state index contributed by atoms with van der Waals surface area (Å²) in [4.78, 5) is 0. The number of hydrogen-bond acceptors (Lipinski definition) is 3. The second-order valence-corrected chi connectivity index (χ2v) is 4.51. The third-order valence-corrected chi connectivity index (χ3v) is 2.27. The standard InChI is InChI=1S/C8H16O.C6H12O2/c1-4-8(6-9)5-7(2)3;1-6(2-4-7)3-5-8/h4,7-9H,1,5-6H2,2-3H3;7-8H,1-5H2. The van der Waals surface area contributed by atoms with Gasteiger partial charge in [-0.3, -0.25) is 0 Å². The number of aliphatic hydroxyl groups is 3. The maximum Gasteiger partial charge on any atom is 0.0493 e. The van der Waals surface area contributed by atoms with Crippen LogP contribution in [0.5, 0.6) is 0 Å². The van der Waals surface area contributed by atoms with Gasteiger partial charge in [-0.05, 0) is 31.1 Å². The molecule has 1 atom stereocenters. The maximum atomic E-state index is 8.70.